The number of halogens is 2. The number of hydrogen-bond donors (Lipinski definition) is 2. The van der Waals surface area contributed by atoms with Gasteiger partial charge in [0.2, 0.25) is 0 Å². The van der Waals surface area contributed by atoms with Crippen molar-refractivity contribution in [1.29, 1.82) is 0 Å². The van der Waals surface area contributed by atoms with Crippen molar-refractivity contribution < 1.29 is 18.7 Å². The van der Waals surface area contributed by atoms with E-state index in [0.717, 1.165) is 18.6 Å². The summed E-state index contributed by atoms with van der Waals surface area (Å²) in [6.45, 7) is -1.43. The van der Waals surface area contributed by atoms with Crippen molar-refractivity contribution in [3.05, 3.63) is 0 Å². The van der Waals surface area contributed by atoms with Gasteiger partial charge in [-0.2, -0.15) is 20.5 Å². The van der Waals surface area contributed by atoms with E-state index in [4.69, 9.17) is 5.11 Å². The molecule has 0 aromatic heterocycles. The van der Waals surface area contributed by atoms with E-state index < -0.39 is 18.4 Å². The molecule has 82 valence electrons. The first-order valence-corrected chi connectivity index (χ1v) is 5.59. The molecule has 1 saturated heterocycles. The fraction of sp³-hybridized carbons (Fsp3) is 0.875. The molecule has 0 aromatic carbocycles. The number of alkyl halides is 2. The molecule has 0 saturated carbocycles. The molecule has 1 aliphatic heterocycles. The van der Waals surface area contributed by atoms with Gasteiger partial charge in [0, 0.05) is 11.8 Å². The number of aliphatic hydroxyl groups excluding tert-OH is 1. The molecule has 1 rings (SSSR count). The SMILES string of the molecule is O=C(NC1CCCSC1)C(F)(F)CO. The van der Waals surface area contributed by atoms with Crippen LogP contribution in [0.1, 0.15) is 12.8 Å². The van der Waals surface area contributed by atoms with Gasteiger partial charge in [0.25, 0.3) is 5.91 Å². The summed E-state index contributed by atoms with van der Waals surface area (Å²) >= 11 is 1.64. The zero-order chi connectivity index (χ0) is 10.6. The van der Waals surface area contributed by atoms with E-state index in [2.05, 4.69) is 5.32 Å². The Morgan fingerprint density at radius 3 is 2.86 bits per heavy atom. The molecule has 0 aromatic rings. The Morgan fingerprint density at radius 1 is 1.64 bits per heavy atom. The summed E-state index contributed by atoms with van der Waals surface area (Å²) in [5.41, 5.74) is 0. The second-order valence-electron chi connectivity index (χ2n) is 3.25. The quantitative estimate of drug-likeness (QED) is 0.740. The van der Waals surface area contributed by atoms with Crippen molar-refractivity contribution in [3.8, 4) is 0 Å². The van der Waals surface area contributed by atoms with Gasteiger partial charge in [0.1, 0.15) is 6.61 Å². The number of carbonyl (C=O) groups excluding carboxylic acids is 1. The first kappa shape index (κ1) is 11.7. The summed E-state index contributed by atoms with van der Waals surface area (Å²) in [4.78, 5) is 10.9. The smallest absolute Gasteiger partial charge is 0.346 e. The summed E-state index contributed by atoms with van der Waals surface area (Å²) in [5.74, 6) is -3.33. The van der Waals surface area contributed by atoms with E-state index in [0.29, 0.717) is 5.75 Å². The van der Waals surface area contributed by atoms with Crippen molar-refractivity contribution >= 4 is 17.7 Å². The van der Waals surface area contributed by atoms with Crippen molar-refractivity contribution in [2.75, 3.05) is 18.1 Å². The Morgan fingerprint density at radius 2 is 2.36 bits per heavy atom. The van der Waals surface area contributed by atoms with Crippen LogP contribution in [0.5, 0.6) is 0 Å². The molecule has 6 heteroatoms. The third-order valence-corrected chi connectivity index (χ3v) is 3.24. The average Bonchev–Trinajstić information content (AvgIpc) is 2.19. The number of nitrogens with one attached hydrogen (secondary N) is 1. The Hall–Kier alpha value is -0.360. The van der Waals surface area contributed by atoms with E-state index in [-0.39, 0.29) is 6.04 Å². The van der Waals surface area contributed by atoms with Gasteiger partial charge in [-0.05, 0) is 18.6 Å². The van der Waals surface area contributed by atoms with Crippen molar-refractivity contribution in [1.82, 2.24) is 5.32 Å². The van der Waals surface area contributed by atoms with Crippen LogP contribution in [-0.2, 0) is 4.79 Å². The number of thioether (sulfide) groups is 1. The third-order valence-electron chi connectivity index (χ3n) is 2.03. The highest BCUT2D eigenvalue weighted by molar-refractivity contribution is 7.99. The number of rotatable bonds is 3. The molecular formula is C8H13F2NO2S. The molecule has 1 heterocycles. The highest BCUT2D eigenvalue weighted by atomic mass is 32.2. The summed E-state index contributed by atoms with van der Waals surface area (Å²) < 4.78 is 25.3. The number of aliphatic hydroxyl groups is 1. The highest BCUT2D eigenvalue weighted by Gasteiger charge is 2.38. The van der Waals surface area contributed by atoms with Gasteiger partial charge in [0.05, 0.1) is 0 Å². The molecule has 2 N–H and O–H groups in total. The van der Waals surface area contributed by atoms with Gasteiger partial charge in [0.15, 0.2) is 0 Å². The normalized spacial score (nSPS) is 23.2. The average molecular weight is 225 g/mol. The van der Waals surface area contributed by atoms with Gasteiger partial charge >= 0.3 is 5.92 Å². The summed E-state index contributed by atoms with van der Waals surface area (Å²) in [5, 5.41) is 10.5. The Bertz CT molecular complexity index is 208. The Kier molecular flexibility index (Phi) is 4.12. The second kappa shape index (κ2) is 4.93. The molecule has 0 aliphatic carbocycles. The molecular weight excluding hydrogens is 212 g/mol. The molecule has 1 unspecified atom stereocenters. The van der Waals surface area contributed by atoms with Crippen LogP contribution < -0.4 is 5.32 Å². The first-order chi connectivity index (χ1) is 6.56. The van der Waals surface area contributed by atoms with Gasteiger partial charge < -0.3 is 10.4 Å². The molecule has 3 nitrogen and oxygen atoms in total. The van der Waals surface area contributed by atoms with E-state index in [1.807, 2.05) is 0 Å². The second-order valence-corrected chi connectivity index (χ2v) is 4.40. The van der Waals surface area contributed by atoms with Crippen LogP contribution in [0.3, 0.4) is 0 Å². The van der Waals surface area contributed by atoms with Gasteiger partial charge in [-0.1, -0.05) is 0 Å². The predicted molar refractivity (Wildman–Crippen MR) is 50.5 cm³/mol. The van der Waals surface area contributed by atoms with E-state index in [1.165, 1.54) is 0 Å². The lowest BCUT2D eigenvalue weighted by Gasteiger charge is -2.24. The van der Waals surface area contributed by atoms with Crippen LogP contribution >= 0.6 is 11.8 Å². The molecule has 0 spiro atoms. The fourth-order valence-electron chi connectivity index (χ4n) is 1.22. The molecule has 1 aliphatic rings. The lowest BCUT2D eigenvalue weighted by molar-refractivity contribution is -0.151. The van der Waals surface area contributed by atoms with Crippen molar-refractivity contribution in [2.24, 2.45) is 0 Å². The number of carbonyl (C=O) groups is 1. The van der Waals surface area contributed by atoms with Crippen molar-refractivity contribution in [2.45, 2.75) is 24.8 Å². The standard InChI is InChI=1S/C8H13F2NO2S/c9-8(10,5-12)7(13)11-6-2-1-3-14-4-6/h6,12H,1-5H2,(H,11,13). The maximum absolute atomic E-state index is 12.6. The minimum absolute atomic E-state index is 0.182. The van der Waals surface area contributed by atoms with Crippen LogP contribution in [0.25, 0.3) is 0 Å². The highest BCUT2D eigenvalue weighted by Crippen LogP contribution is 2.19. The topological polar surface area (TPSA) is 49.3 Å². The number of amides is 1. The maximum atomic E-state index is 12.6. The minimum atomic E-state index is -3.65. The van der Waals surface area contributed by atoms with Gasteiger partial charge in [-0.3, -0.25) is 4.79 Å². The summed E-state index contributed by atoms with van der Waals surface area (Å²) in [6.07, 6.45) is 1.67. The Balaban J connectivity index is 2.39. The largest absolute Gasteiger partial charge is 0.390 e. The molecule has 1 fully saturated rings. The maximum Gasteiger partial charge on any atom is 0.346 e. The van der Waals surface area contributed by atoms with Crippen LogP contribution in [0.15, 0.2) is 0 Å². The zero-order valence-electron chi connectivity index (χ0n) is 7.63. The molecule has 0 radical (unpaired) electrons. The fourth-order valence-corrected chi connectivity index (χ4v) is 2.29. The summed E-state index contributed by atoms with van der Waals surface area (Å²) in [7, 11) is 0. The Labute approximate surface area is 85.2 Å². The van der Waals surface area contributed by atoms with Crippen LogP contribution in [0, 0.1) is 0 Å². The first-order valence-electron chi connectivity index (χ1n) is 4.43. The lowest BCUT2D eigenvalue weighted by Crippen LogP contribution is -2.48. The van der Waals surface area contributed by atoms with Crippen molar-refractivity contribution in [3.63, 3.8) is 0 Å². The monoisotopic (exact) mass is 225 g/mol. The van der Waals surface area contributed by atoms with Crippen LogP contribution in [0.4, 0.5) is 8.78 Å². The third kappa shape index (κ3) is 3.09. The zero-order valence-corrected chi connectivity index (χ0v) is 8.45. The molecule has 1 atom stereocenters. The predicted octanol–water partition coefficient (Wildman–Crippen LogP) is 0.626. The lowest BCUT2D eigenvalue weighted by atomic mass is 10.2. The molecule has 0 bridgehead atoms. The van der Waals surface area contributed by atoms with Crippen LogP contribution in [-0.4, -0.2) is 41.1 Å². The molecule has 14 heavy (non-hydrogen) atoms. The van der Waals surface area contributed by atoms with E-state index >= 15 is 0 Å². The van der Waals surface area contributed by atoms with E-state index in [1.54, 1.807) is 11.8 Å². The van der Waals surface area contributed by atoms with Gasteiger partial charge in [-0.15, -0.1) is 0 Å². The molecule has 1 amide bonds. The van der Waals surface area contributed by atoms with E-state index in [9.17, 15) is 13.6 Å². The van der Waals surface area contributed by atoms with Crippen LogP contribution in [0.2, 0.25) is 0 Å². The van der Waals surface area contributed by atoms with Gasteiger partial charge in [-0.25, -0.2) is 0 Å². The number of hydrogen-bond acceptors (Lipinski definition) is 3. The summed E-state index contributed by atoms with van der Waals surface area (Å²) in [6, 6.07) is -0.182. The minimum Gasteiger partial charge on any atom is -0.390 e.